The summed E-state index contributed by atoms with van der Waals surface area (Å²) in [6.07, 6.45) is 3.36. The summed E-state index contributed by atoms with van der Waals surface area (Å²) < 4.78 is 0.735. The molecule has 10 heteroatoms. The molecule has 1 aromatic carbocycles. The number of carbonyl (C=O) groups excluding carboxylic acids is 2. The highest BCUT2D eigenvalue weighted by Gasteiger charge is 2.39. The van der Waals surface area contributed by atoms with Crippen LogP contribution in [0.4, 0.5) is 23.1 Å². The molecule has 0 aliphatic carbocycles. The van der Waals surface area contributed by atoms with Crippen molar-refractivity contribution in [2.75, 3.05) is 28.6 Å². The van der Waals surface area contributed by atoms with E-state index < -0.39 is 11.3 Å². The number of hydrogen-bond donors (Lipinski definition) is 4. The maximum Gasteiger partial charge on any atom is 0.254 e. The van der Waals surface area contributed by atoms with Crippen LogP contribution in [0, 0.1) is 0 Å². The Labute approximate surface area is 182 Å². The molecule has 0 spiro atoms. The largest absolute Gasteiger partial charge is 0.365 e. The molecule has 1 unspecified atom stereocenters. The molecule has 2 aliphatic rings. The molecule has 3 heterocycles. The molecule has 1 aromatic heterocycles. The van der Waals surface area contributed by atoms with Crippen molar-refractivity contribution in [1.82, 2.24) is 9.97 Å². The van der Waals surface area contributed by atoms with E-state index in [2.05, 4.69) is 36.5 Å². The highest BCUT2D eigenvalue weighted by Crippen LogP contribution is 2.43. The number of amides is 2. The third kappa shape index (κ3) is 3.61. The van der Waals surface area contributed by atoms with Gasteiger partial charge in [-0.15, -0.1) is 0 Å². The van der Waals surface area contributed by atoms with E-state index >= 15 is 0 Å². The molecule has 9 nitrogen and oxygen atoms in total. The number of nitrogens with one attached hydrogen (secondary N) is 2. The second kappa shape index (κ2) is 7.51. The van der Waals surface area contributed by atoms with E-state index in [4.69, 9.17) is 11.5 Å². The molecular formula is C20H24BrN7O2. The van der Waals surface area contributed by atoms with Crippen LogP contribution in [0.5, 0.6) is 0 Å². The minimum atomic E-state index is -0.678. The van der Waals surface area contributed by atoms with Gasteiger partial charge in [-0.1, -0.05) is 0 Å². The van der Waals surface area contributed by atoms with E-state index in [-0.39, 0.29) is 17.5 Å². The summed E-state index contributed by atoms with van der Waals surface area (Å²) in [6.45, 7) is 5.18. The van der Waals surface area contributed by atoms with Crippen LogP contribution in [0.3, 0.4) is 0 Å². The van der Waals surface area contributed by atoms with E-state index in [0.717, 1.165) is 35.1 Å². The van der Waals surface area contributed by atoms with E-state index in [1.165, 1.54) is 6.20 Å². The Balaban J connectivity index is 1.71. The molecule has 2 aromatic rings. The fourth-order valence-corrected chi connectivity index (χ4v) is 4.38. The van der Waals surface area contributed by atoms with Gasteiger partial charge in [0.1, 0.15) is 11.4 Å². The third-order valence-electron chi connectivity index (χ3n) is 5.61. The van der Waals surface area contributed by atoms with Gasteiger partial charge in [0.2, 0.25) is 11.9 Å². The SMILES string of the molecule is CC1(C)C(=O)Nc2c(Br)cc(Nc3nc(N4CCCC(N)C4)ncc3C(N)=O)cc21. The number of hydrogen-bond acceptors (Lipinski definition) is 7. The van der Waals surface area contributed by atoms with E-state index in [1.807, 2.05) is 30.9 Å². The van der Waals surface area contributed by atoms with Crippen molar-refractivity contribution < 1.29 is 9.59 Å². The zero-order valence-corrected chi connectivity index (χ0v) is 18.4. The Kier molecular flexibility index (Phi) is 5.15. The van der Waals surface area contributed by atoms with Crippen LogP contribution >= 0.6 is 15.9 Å². The van der Waals surface area contributed by atoms with Gasteiger partial charge in [-0.2, -0.15) is 4.98 Å². The third-order valence-corrected chi connectivity index (χ3v) is 6.24. The first-order valence-electron chi connectivity index (χ1n) is 9.76. The number of benzene rings is 1. The maximum absolute atomic E-state index is 12.3. The summed E-state index contributed by atoms with van der Waals surface area (Å²) in [4.78, 5) is 35.2. The molecule has 4 rings (SSSR count). The Morgan fingerprint density at radius 1 is 1.40 bits per heavy atom. The number of anilines is 4. The Hall–Kier alpha value is -2.72. The lowest BCUT2D eigenvalue weighted by Gasteiger charge is -2.31. The molecule has 30 heavy (non-hydrogen) atoms. The topological polar surface area (TPSA) is 139 Å². The summed E-state index contributed by atoms with van der Waals surface area (Å²) in [5, 5.41) is 6.09. The highest BCUT2D eigenvalue weighted by atomic mass is 79.9. The van der Waals surface area contributed by atoms with Gasteiger partial charge in [-0.25, -0.2) is 4.98 Å². The molecule has 158 valence electrons. The average Bonchev–Trinajstić information content (AvgIpc) is 2.91. The first-order chi connectivity index (χ1) is 14.2. The average molecular weight is 474 g/mol. The molecule has 2 amide bonds. The summed E-state index contributed by atoms with van der Waals surface area (Å²) >= 11 is 3.52. The van der Waals surface area contributed by atoms with Crippen LogP contribution in [0.15, 0.2) is 22.8 Å². The van der Waals surface area contributed by atoms with E-state index in [1.54, 1.807) is 0 Å². The lowest BCUT2D eigenvalue weighted by Crippen LogP contribution is -2.43. The molecule has 1 fully saturated rings. The van der Waals surface area contributed by atoms with E-state index in [0.29, 0.717) is 24.0 Å². The second-order valence-electron chi connectivity index (χ2n) is 8.23. The predicted molar refractivity (Wildman–Crippen MR) is 119 cm³/mol. The molecule has 1 saturated heterocycles. The van der Waals surface area contributed by atoms with Crippen LogP contribution in [-0.2, 0) is 10.2 Å². The monoisotopic (exact) mass is 473 g/mol. The maximum atomic E-state index is 12.3. The number of primary amides is 1. The molecular weight excluding hydrogens is 450 g/mol. The molecule has 0 saturated carbocycles. The van der Waals surface area contributed by atoms with E-state index in [9.17, 15) is 9.59 Å². The van der Waals surface area contributed by atoms with Gasteiger partial charge >= 0.3 is 0 Å². The van der Waals surface area contributed by atoms with Crippen LogP contribution in [0.25, 0.3) is 0 Å². The number of halogens is 1. The smallest absolute Gasteiger partial charge is 0.254 e. The molecule has 0 radical (unpaired) electrons. The zero-order chi connectivity index (χ0) is 21.6. The van der Waals surface area contributed by atoms with Gasteiger partial charge in [0.05, 0.1) is 11.1 Å². The summed E-state index contributed by atoms with van der Waals surface area (Å²) in [5.41, 5.74) is 13.4. The first-order valence-corrected chi connectivity index (χ1v) is 10.6. The lowest BCUT2D eigenvalue weighted by molar-refractivity contribution is -0.119. The van der Waals surface area contributed by atoms with Gasteiger partial charge in [-0.3, -0.25) is 9.59 Å². The zero-order valence-electron chi connectivity index (χ0n) is 16.8. The molecule has 1 atom stereocenters. The highest BCUT2D eigenvalue weighted by molar-refractivity contribution is 9.10. The summed E-state index contributed by atoms with van der Waals surface area (Å²) in [6, 6.07) is 3.76. The van der Waals surface area contributed by atoms with Crippen molar-refractivity contribution in [1.29, 1.82) is 0 Å². The van der Waals surface area contributed by atoms with Crippen molar-refractivity contribution >= 4 is 50.9 Å². The van der Waals surface area contributed by atoms with Crippen molar-refractivity contribution in [2.24, 2.45) is 11.5 Å². The number of nitrogens with two attached hydrogens (primary N) is 2. The Morgan fingerprint density at radius 3 is 2.87 bits per heavy atom. The summed E-state index contributed by atoms with van der Waals surface area (Å²) in [5.74, 6) is 0.111. The number of carbonyl (C=O) groups is 2. The minimum Gasteiger partial charge on any atom is -0.365 e. The van der Waals surface area contributed by atoms with Crippen molar-refractivity contribution in [3.05, 3.63) is 33.9 Å². The van der Waals surface area contributed by atoms with Gasteiger partial charge in [-0.05, 0) is 60.3 Å². The van der Waals surface area contributed by atoms with Gasteiger partial charge in [0.25, 0.3) is 5.91 Å². The van der Waals surface area contributed by atoms with Gasteiger partial charge in [0, 0.05) is 35.5 Å². The number of aromatic nitrogens is 2. The predicted octanol–water partition coefficient (Wildman–Crippen LogP) is 2.24. The Morgan fingerprint density at radius 2 is 2.17 bits per heavy atom. The quantitative estimate of drug-likeness (QED) is 0.533. The van der Waals surface area contributed by atoms with Crippen LogP contribution in [-0.4, -0.2) is 40.9 Å². The number of fused-ring (bicyclic) bond motifs is 1. The number of nitrogens with zero attached hydrogens (tertiary/aromatic N) is 3. The Bertz CT molecular complexity index is 1040. The van der Waals surface area contributed by atoms with Crippen LogP contribution < -0.4 is 27.0 Å². The minimum absolute atomic E-state index is 0.0644. The lowest BCUT2D eigenvalue weighted by atomic mass is 9.86. The fourth-order valence-electron chi connectivity index (χ4n) is 3.82. The first kappa shape index (κ1) is 20.5. The second-order valence-corrected chi connectivity index (χ2v) is 9.08. The van der Waals surface area contributed by atoms with Crippen LogP contribution in [0.2, 0.25) is 0 Å². The number of rotatable bonds is 4. The molecule has 0 bridgehead atoms. The summed E-state index contributed by atoms with van der Waals surface area (Å²) in [7, 11) is 0. The standard InChI is InChI=1S/C20H24BrN7O2/c1-20(2)13-6-11(7-14(21)15(13)26-18(20)30)25-17-12(16(23)29)8-24-19(27-17)28-5-3-4-10(22)9-28/h6-8,10H,3-5,9,22H2,1-2H3,(H2,23,29)(H,26,30)(H,24,25,27). The van der Waals surface area contributed by atoms with Crippen molar-refractivity contribution in [2.45, 2.75) is 38.1 Å². The fraction of sp³-hybridized carbons (Fsp3) is 0.400. The van der Waals surface area contributed by atoms with Gasteiger partial charge in [0.15, 0.2) is 0 Å². The molecule has 6 N–H and O–H groups in total. The van der Waals surface area contributed by atoms with Crippen molar-refractivity contribution in [3.8, 4) is 0 Å². The van der Waals surface area contributed by atoms with Gasteiger partial charge < -0.3 is 27.0 Å². The number of piperidine rings is 1. The normalized spacial score (nSPS) is 19.9. The van der Waals surface area contributed by atoms with Crippen LogP contribution in [0.1, 0.15) is 42.6 Å². The molecule has 2 aliphatic heterocycles. The van der Waals surface area contributed by atoms with Crippen molar-refractivity contribution in [3.63, 3.8) is 0 Å².